The van der Waals surface area contributed by atoms with E-state index in [4.69, 9.17) is 0 Å². The van der Waals surface area contributed by atoms with Crippen LogP contribution in [0.15, 0.2) is 6.07 Å². The molecule has 112 valence electrons. The summed E-state index contributed by atoms with van der Waals surface area (Å²) in [5, 5.41) is 14.0. The van der Waals surface area contributed by atoms with Gasteiger partial charge in [0.05, 0.1) is 11.8 Å². The Bertz CT molecular complexity index is 468. The smallest absolute Gasteiger partial charge is 0.272 e. The van der Waals surface area contributed by atoms with Crippen molar-refractivity contribution in [2.24, 2.45) is 7.05 Å². The molecule has 0 aromatic carbocycles. The molecule has 2 atom stereocenters. The number of amides is 1. The number of carbonyl (C=O) groups is 1. The number of piperidine rings is 1. The molecule has 1 aliphatic rings. The van der Waals surface area contributed by atoms with Crippen LogP contribution >= 0.6 is 0 Å². The van der Waals surface area contributed by atoms with Crippen molar-refractivity contribution in [1.29, 1.82) is 0 Å². The van der Waals surface area contributed by atoms with Crippen molar-refractivity contribution in [3.63, 3.8) is 0 Å². The van der Waals surface area contributed by atoms with Crippen molar-refractivity contribution in [2.75, 3.05) is 6.54 Å². The summed E-state index contributed by atoms with van der Waals surface area (Å²) in [6.07, 6.45) is 4.27. The molecule has 2 heterocycles. The third kappa shape index (κ3) is 3.20. The molecular formula is C15H25N3O2. The van der Waals surface area contributed by atoms with Gasteiger partial charge < -0.3 is 10.0 Å². The second-order valence-electron chi connectivity index (χ2n) is 5.73. The Morgan fingerprint density at radius 3 is 2.90 bits per heavy atom. The number of nitrogens with zero attached hydrogens (tertiary/aromatic N) is 3. The van der Waals surface area contributed by atoms with E-state index in [0.717, 1.165) is 37.9 Å². The van der Waals surface area contributed by atoms with Gasteiger partial charge in [-0.15, -0.1) is 0 Å². The van der Waals surface area contributed by atoms with Crippen molar-refractivity contribution < 1.29 is 9.90 Å². The molecule has 0 radical (unpaired) electrons. The molecule has 5 nitrogen and oxygen atoms in total. The van der Waals surface area contributed by atoms with Gasteiger partial charge in [-0.25, -0.2) is 0 Å². The highest BCUT2D eigenvalue weighted by atomic mass is 16.3. The molecule has 5 heteroatoms. The first-order chi connectivity index (χ1) is 9.52. The monoisotopic (exact) mass is 279 g/mol. The Morgan fingerprint density at radius 2 is 2.30 bits per heavy atom. The fourth-order valence-corrected chi connectivity index (χ4v) is 2.95. The first-order valence-electron chi connectivity index (χ1n) is 7.54. The van der Waals surface area contributed by atoms with Gasteiger partial charge in [0.2, 0.25) is 0 Å². The summed E-state index contributed by atoms with van der Waals surface area (Å²) in [7, 11) is 1.82. The minimum Gasteiger partial charge on any atom is -0.393 e. The molecule has 2 rings (SSSR count). The molecule has 1 aliphatic heterocycles. The van der Waals surface area contributed by atoms with Crippen LogP contribution < -0.4 is 0 Å². The molecule has 1 amide bonds. The third-order valence-corrected chi connectivity index (χ3v) is 4.01. The average molecular weight is 279 g/mol. The summed E-state index contributed by atoms with van der Waals surface area (Å²) in [4.78, 5) is 14.6. The largest absolute Gasteiger partial charge is 0.393 e. The van der Waals surface area contributed by atoms with E-state index in [1.807, 2.05) is 24.9 Å². The number of rotatable bonds is 4. The van der Waals surface area contributed by atoms with Crippen LogP contribution in [-0.2, 0) is 13.5 Å². The number of hydrogen-bond donors (Lipinski definition) is 1. The van der Waals surface area contributed by atoms with Crippen molar-refractivity contribution in [3.05, 3.63) is 17.5 Å². The summed E-state index contributed by atoms with van der Waals surface area (Å²) in [5.41, 5.74) is 1.60. The molecule has 0 bridgehead atoms. The Balaban J connectivity index is 2.18. The molecule has 1 aromatic heterocycles. The standard InChI is InChI=1S/C15H25N3O2/c1-4-12-10-14(17(3)16-12)15(20)18-8-6-5-7-13(18)9-11(2)19/h10-11,13,19H,4-9H2,1-3H3. The van der Waals surface area contributed by atoms with Gasteiger partial charge in [-0.05, 0) is 45.1 Å². The number of hydrogen-bond acceptors (Lipinski definition) is 3. The Kier molecular flexibility index (Phi) is 4.81. The van der Waals surface area contributed by atoms with E-state index in [9.17, 15) is 9.90 Å². The summed E-state index contributed by atoms with van der Waals surface area (Å²) < 4.78 is 1.68. The predicted octanol–water partition coefficient (Wildman–Crippen LogP) is 1.75. The van der Waals surface area contributed by atoms with E-state index in [-0.39, 0.29) is 18.1 Å². The zero-order valence-corrected chi connectivity index (χ0v) is 12.7. The first-order valence-corrected chi connectivity index (χ1v) is 7.54. The maximum Gasteiger partial charge on any atom is 0.272 e. The Hall–Kier alpha value is -1.36. The lowest BCUT2D eigenvalue weighted by Crippen LogP contribution is -2.45. The van der Waals surface area contributed by atoms with E-state index in [1.54, 1.807) is 11.6 Å². The van der Waals surface area contributed by atoms with Crippen LogP contribution in [0.2, 0.25) is 0 Å². The Labute approximate surface area is 120 Å². The number of carbonyl (C=O) groups excluding carboxylic acids is 1. The SMILES string of the molecule is CCc1cc(C(=O)N2CCCCC2CC(C)O)n(C)n1. The van der Waals surface area contributed by atoms with Crippen LogP contribution in [0.1, 0.15) is 55.7 Å². The van der Waals surface area contributed by atoms with Crippen molar-refractivity contribution >= 4 is 5.91 Å². The average Bonchev–Trinajstić information content (AvgIpc) is 2.79. The molecular weight excluding hydrogens is 254 g/mol. The van der Waals surface area contributed by atoms with Gasteiger partial charge in [0.15, 0.2) is 0 Å². The minimum absolute atomic E-state index is 0.0463. The van der Waals surface area contributed by atoms with Crippen molar-refractivity contribution in [1.82, 2.24) is 14.7 Å². The number of likely N-dealkylation sites (tertiary alicyclic amines) is 1. The lowest BCUT2D eigenvalue weighted by atomic mass is 9.97. The van der Waals surface area contributed by atoms with Gasteiger partial charge in [-0.1, -0.05) is 6.92 Å². The van der Waals surface area contributed by atoms with Crippen LogP contribution in [0, 0.1) is 0 Å². The van der Waals surface area contributed by atoms with Crippen LogP contribution in [0.4, 0.5) is 0 Å². The molecule has 2 unspecified atom stereocenters. The maximum absolute atomic E-state index is 12.7. The lowest BCUT2D eigenvalue weighted by Gasteiger charge is -2.36. The minimum atomic E-state index is -0.369. The van der Waals surface area contributed by atoms with Crippen molar-refractivity contribution in [3.8, 4) is 0 Å². The normalized spacial score (nSPS) is 21.0. The molecule has 1 saturated heterocycles. The molecule has 0 saturated carbocycles. The van der Waals surface area contributed by atoms with Crippen LogP contribution in [0.25, 0.3) is 0 Å². The van der Waals surface area contributed by atoms with Gasteiger partial charge in [0, 0.05) is 19.6 Å². The van der Waals surface area contributed by atoms with Gasteiger partial charge in [-0.2, -0.15) is 5.10 Å². The number of aryl methyl sites for hydroxylation is 2. The third-order valence-electron chi connectivity index (χ3n) is 4.01. The quantitative estimate of drug-likeness (QED) is 0.913. The fourth-order valence-electron chi connectivity index (χ4n) is 2.95. The summed E-state index contributed by atoms with van der Waals surface area (Å²) in [6.45, 7) is 4.60. The molecule has 20 heavy (non-hydrogen) atoms. The molecule has 1 N–H and O–H groups in total. The van der Waals surface area contributed by atoms with Gasteiger partial charge >= 0.3 is 0 Å². The topological polar surface area (TPSA) is 58.4 Å². The highest BCUT2D eigenvalue weighted by molar-refractivity contribution is 5.93. The highest BCUT2D eigenvalue weighted by Crippen LogP contribution is 2.23. The van der Waals surface area contributed by atoms with Gasteiger partial charge in [-0.3, -0.25) is 9.48 Å². The van der Waals surface area contributed by atoms with E-state index in [2.05, 4.69) is 5.10 Å². The van der Waals surface area contributed by atoms with Gasteiger partial charge in [0.25, 0.3) is 5.91 Å². The van der Waals surface area contributed by atoms with Gasteiger partial charge in [0.1, 0.15) is 5.69 Å². The number of aliphatic hydroxyl groups excluding tert-OH is 1. The first kappa shape index (κ1) is 15.0. The van der Waals surface area contributed by atoms with E-state index < -0.39 is 0 Å². The maximum atomic E-state index is 12.7. The van der Waals surface area contributed by atoms with E-state index in [1.165, 1.54) is 0 Å². The highest BCUT2D eigenvalue weighted by Gasteiger charge is 2.29. The zero-order valence-electron chi connectivity index (χ0n) is 12.7. The second kappa shape index (κ2) is 6.39. The summed E-state index contributed by atoms with van der Waals surface area (Å²) >= 11 is 0. The predicted molar refractivity (Wildman–Crippen MR) is 77.6 cm³/mol. The zero-order chi connectivity index (χ0) is 14.7. The van der Waals surface area contributed by atoms with Crippen LogP contribution in [-0.4, -0.2) is 44.4 Å². The van der Waals surface area contributed by atoms with E-state index >= 15 is 0 Å². The number of aliphatic hydroxyl groups is 1. The van der Waals surface area contributed by atoms with E-state index in [0.29, 0.717) is 12.1 Å². The molecule has 0 aliphatic carbocycles. The Morgan fingerprint density at radius 1 is 1.55 bits per heavy atom. The lowest BCUT2D eigenvalue weighted by molar-refractivity contribution is 0.0504. The van der Waals surface area contributed by atoms with Crippen molar-refractivity contribution in [2.45, 2.75) is 58.1 Å². The second-order valence-corrected chi connectivity index (χ2v) is 5.73. The molecule has 1 aromatic rings. The summed E-state index contributed by atoms with van der Waals surface area (Å²) in [6, 6.07) is 2.03. The number of aromatic nitrogens is 2. The fraction of sp³-hybridized carbons (Fsp3) is 0.733. The van der Waals surface area contributed by atoms with Crippen LogP contribution in [0.3, 0.4) is 0 Å². The summed E-state index contributed by atoms with van der Waals surface area (Å²) in [5.74, 6) is 0.0463. The molecule has 1 fully saturated rings. The molecule has 0 spiro atoms. The van der Waals surface area contributed by atoms with Crippen LogP contribution in [0.5, 0.6) is 0 Å².